The molecular formula is C10H21N. The van der Waals surface area contributed by atoms with Gasteiger partial charge in [-0.2, -0.15) is 0 Å². The SMILES string of the molecule is CCCC(CC)N(C)C1CC1. The van der Waals surface area contributed by atoms with E-state index >= 15 is 0 Å². The van der Waals surface area contributed by atoms with Crippen molar-refractivity contribution in [3.63, 3.8) is 0 Å². The fourth-order valence-corrected chi connectivity index (χ4v) is 1.81. The predicted molar refractivity (Wildman–Crippen MR) is 49.8 cm³/mol. The molecule has 0 heterocycles. The smallest absolute Gasteiger partial charge is 0.00963 e. The maximum absolute atomic E-state index is 2.59. The normalized spacial score (nSPS) is 20.7. The van der Waals surface area contributed by atoms with Gasteiger partial charge in [0.25, 0.3) is 0 Å². The molecule has 66 valence electrons. The Morgan fingerprint density at radius 3 is 2.36 bits per heavy atom. The summed E-state index contributed by atoms with van der Waals surface area (Å²) in [5.41, 5.74) is 0. The zero-order valence-corrected chi connectivity index (χ0v) is 8.14. The van der Waals surface area contributed by atoms with Crippen molar-refractivity contribution in [1.82, 2.24) is 4.90 Å². The first-order valence-corrected chi connectivity index (χ1v) is 5.01. The molecule has 0 aliphatic heterocycles. The zero-order chi connectivity index (χ0) is 8.27. The summed E-state index contributed by atoms with van der Waals surface area (Å²) in [6, 6.07) is 1.79. The van der Waals surface area contributed by atoms with Gasteiger partial charge in [0.05, 0.1) is 0 Å². The Labute approximate surface area is 70.8 Å². The molecule has 1 heteroatoms. The Morgan fingerprint density at radius 1 is 1.36 bits per heavy atom. The molecule has 1 nitrogen and oxygen atoms in total. The maximum atomic E-state index is 2.59. The van der Waals surface area contributed by atoms with Crippen LogP contribution in [0.25, 0.3) is 0 Å². The second-order valence-corrected chi connectivity index (χ2v) is 3.75. The van der Waals surface area contributed by atoms with Crippen molar-refractivity contribution in [2.45, 2.75) is 58.0 Å². The number of nitrogens with zero attached hydrogens (tertiary/aromatic N) is 1. The molecule has 0 N–H and O–H groups in total. The zero-order valence-electron chi connectivity index (χ0n) is 8.14. The van der Waals surface area contributed by atoms with E-state index < -0.39 is 0 Å². The average Bonchev–Trinajstić information content (AvgIpc) is 2.81. The molecule has 0 amide bonds. The molecule has 1 rings (SSSR count). The van der Waals surface area contributed by atoms with Gasteiger partial charge in [0.1, 0.15) is 0 Å². The number of hydrogen-bond donors (Lipinski definition) is 0. The third-order valence-corrected chi connectivity index (χ3v) is 2.79. The van der Waals surface area contributed by atoms with Crippen LogP contribution in [0.4, 0.5) is 0 Å². The molecule has 1 unspecified atom stereocenters. The summed E-state index contributed by atoms with van der Waals surface area (Å²) in [6.45, 7) is 4.59. The molecular weight excluding hydrogens is 134 g/mol. The maximum Gasteiger partial charge on any atom is 0.00963 e. The lowest BCUT2D eigenvalue weighted by Gasteiger charge is -2.26. The monoisotopic (exact) mass is 155 g/mol. The predicted octanol–water partition coefficient (Wildman–Crippen LogP) is 2.66. The summed E-state index contributed by atoms with van der Waals surface area (Å²) in [6.07, 6.45) is 6.91. The number of rotatable bonds is 5. The molecule has 0 saturated heterocycles. The van der Waals surface area contributed by atoms with Gasteiger partial charge in [-0.05, 0) is 32.7 Å². The summed E-state index contributed by atoms with van der Waals surface area (Å²) >= 11 is 0. The standard InChI is InChI=1S/C10H21N/c1-4-6-9(5-2)11(3)10-7-8-10/h9-10H,4-8H2,1-3H3. The van der Waals surface area contributed by atoms with E-state index in [-0.39, 0.29) is 0 Å². The molecule has 0 radical (unpaired) electrons. The van der Waals surface area contributed by atoms with Gasteiger partial charge in [0.2, 0.25) is 0 Å². The van der Waals surface area contributed by atoms with Crippen LogP contribution in [0.1, 0.15) is 46.0 Å². The second-order valence-electron chi connectivity index (χ2n) is 3.75. The topological polar surface area (TPSA) is 3.24 Å². The van der Waals surface area contributed by atoms with Crippen LogP contribution in [0.15, 0.2) is 0 Å². The van der Waals surface area contributed by atoms with Gasteiger partial charge in [0.15, 0.2) is 0 Å². The Kier molecular flexibility index (Phi) is 3.38. The highest BCUT2D eigenvalue weighted by Crippen LogP contribution is 2.28. The Balaban J connectivity index is 2.26. The van der Waals surface area contributed by atoms with E-state index in [0.29, 0.717) is 0 Å². The van der Waals surface area contributed by atoms with Crippen LogP contribution in [0, 0.1) is 0 Å². The molecule has 0 aromatic rings. The van der Waals surface area contributed by atoms with E-state index in [4.69, 9.17) is 0 Å². The molecule has 0 bridgehead atoms. The Morgan fingerprint density at radius 2 is 2.00 bits per heavy atom. The van der Waals surface area contributed by atoms with Crippen LogP contribution in [0.3, 0.4) is 0 Å². The van der Waals surface area contributed by atoms with Crippen LogP contribution >= 0.6 is 0 Å². The van der Waals surface area contributed by atoms with Crippen molar-refractivity contribution in [2.24, 2.45) is 0 Å². The van der Waals surface area contributed by atoms with Crippen LogP contribution < -0.4 is 0 Å². The third kappa shape index (κ3) is 2.48. The van der Waals surface area contributed by atoms with Crippen molar-refractivity contribution in [2.75, 3.05) is 7.05 Å². The minimum Gasteiger partial charge on any atom is -0.300 e. The molecule has 0 spiro atoms. The lowest BCUT2D eigenvalue weighted by atomic mass is 10.1. The summed E-state index contributed by atoms with van der Waals surface area (Å²) in [5, 5.41) is 0. The molecule has 1 aliphatic carbocycles. The largest absolute Gasteiger partial charge is 0.300 e. The molecule has 1 fully saturated rings. The van der Waals surface area contributed by atoms with Crippen LogP contribution in [-0.4, -0.2) is 24.0 Å². The third-order valence-electron chi connectivity index (χ3n) is 2.79. The molecule has 1 saturated carbocycles. The van der Waals surface area contributed by atoms with Crippen LogP contribution in [0.2, 0.25) is 0 Å². The van der Waals surface area contributed by atoms with E-state index in [1.807, 2.05) is 0 Å². The summed E-state index contributed by atoms with van der Waals surface area (Å²) in [4.78, 5) is 2.59. The van der Waals surface area contributed by atoms with Gasteiger partial charge in [-0.1, -0.05) is 20.3 Å². The van der Waals surface area contributed by atoms with E-state index in [9.17, 15) is 0 Å². The molecule has 1 aliphatic rings. The summed E-state index contributed by atoms with van der Waals surface area (Å²) in [5.74, 6) is 0. The fourth-order valence-electron chi connectivity index (χ4n) is 1.81. The molecule has 0 aromatic carbocycles. The first-order chi connectivity index (χ1) is 5.29. The van der Waals surface area contributed by atoms with E-state index in [0.717, 1.165) is 12.1 Å². The summed E-state index contributed by atoms with van der Waals surface area (Å²) < 4.78 is 0. The Bertz CT molecular complexity index is 107. The van der Waals surface area contributed by atoms with E-state index in [1.165, 1.54) is 32.1 Å². The highest BCUT2D eigenvalue weighted by Gasteiger charge is 2.29. The average molecular weight is 155 g/mol. The van der Waals surface area contributed by atoms with Crippen molar-refractivity contribution < 1.29 is 0 Å². The van der Waals surface area contributed by atoms with Gasteiger partial charge in [-0.25, -0.2) is 0 Å². The highest BCUT2D eigenvalue weighted by atomic mass is 15.2. The minimum absolute atomic E-state index is 0.854. The first-order valence-electron chi connectivity index (χ1n) is 5.01. The van der Waals surface area contributed by atoms with Gasteiger partial charge in [-0.15, -0.1) is 0 Å². The first kappa shape index (κ1) is 9.05. The minimum atomic E-state index is 0.854. The summed E-state index contributed by atoms with van der Waals surface area (Å²) in [7, 11) is 2.29. The Hall–Kier alpha value is -0.0400. The lowest BCUT2D eigenvalue weighted by Crippen LogP contribution is -2.32. The van der Waals surface area contributed by atoms with Gasteiger partial charge in [0, 0.05) is 12.1 Å². The van der Waals surface area contributed by atoms with Crippen LogP contribution in [0.5, 0.6) is 0 Å². The van der Waals surface area contributed by atoms with Crippen LogP contribution in [-0.2, 0) is 0 Å². The number of hydrogen-bond acceptors (Lipinski definition) is 1. The van der Waals surface area contributed by atoms with Crippen molar-refractivity contribution in [3.05, 3.63) is 0 Å². The van der Waals surface area contributed by atoms with Gasteiger partial charge < -0.3 is 4.90 Å². The van der Waals surface area contributed by atoms with E-state index in [1.54, 1.807) is 0 Å². The molecule has 11 heavy (non-hydrogen) atoms. The fraction of sp³-hybridized carbons (Fsp3) is 1.00. The highest BCUT2D eigenvalue weighted by molar-refractivity contribution is 4.85. The van der Waals surface area contributed by atoms with Crippen molar-refractivity contribution >= 4 is 0 Å². The molecule has 1 atom stereocenters. The quantitative estimate of drug-likeness (QED) is 0.590. The second kappa shape index (κ2) is 4.10. The van der Waals surface area contributed by atoms with Crippen molar-refractivity contribution in [1.29, 1.82) is 0 Å². The lowest BCUT2D eigenvalue weighted by molar-refractivity contribution is 0.213. The molecule has 0 aromatic heterocycles. The van der Waals surface area contributed by atoms with Gasteiger partial charge in [-0.3, -0.25) is 0 Å². The van der Waals surface area contributed by atoms with Gasteiger partial charge >= 0.3 is 0 Å². The van der Waals surface area contributed by atoms with Crippen molar-refractivity contribution in [3.8, 4) is 0 Å². The van der Waals surface area contributed by atoms with E-state index in [2.05, 4.69) is 25.8 Å².